The molecule has 1 aromatic carbocycles. The second kappa shape index (κ2) is 7.34. The minimum atomic E-state index is -0.253. The van der Waals surface area contributed by atoms with Crippen LogP contribution in [-0.2, 0) is 11.3 Å². The second-order valence-corrected chi connectivity index (χ2v) is 4.47. The van der Waals surface area contributed by atoms with Gasteiger partial charge in [-0.2, -0.15) is 0 Å². The number of halogens is 2. The molecule has 0 aromatic heterocycles. The molecule has 1 unspecified atom stereocenters. The van der Waals surface area contributed by atoms with Gasteiger partial charge in [-0.3, -0.25) is 4.79 Å². The van der Waals surface area contributed by atoms with E-state index in [0.29, 0.717) is 18.9 Å². The zero-order valence-corrected chi connectivity index (χ0v) is 10.9. The average Bonchev–Trinajstić information content (AvgIpc) is 2.81. The van der Waals surface area contributed by atoms with Gasteiger partial charge in [-0.15, -0.1) is 12.4 Å². The van der Waals surface area contributed by atoms with Crippen molar-refractivity contribution >= 4 is 18.3 Å². The predicted octanol–water partition coefficient (Wildman–Crippen LogP) is 1.86. The first-order valence-electron chi connectivity index (χ1n) is 5.96. The number of amides is 1. The summed E-state index contributed by atoms with van der Waals surface area (Å²) in [6.45, 7) is 2.42. The molecule has 1 aromatic rings. The molecule has 1 atom stereocenters. The van der Waals surface area contributed by atoms with Crippen molar-refractivity contribution in [1.29, 1.82) is 0 Å². The lowest BCUT2D eigenvalue weighted by atomic mass is 10.0. The number of nitrogens with one attached hydrogen (secondary N) is 2. The maximum atomic E-state index is 12.7. The van der Waals surface area contributed by atoms with E-state index in [4.69, 9.17) is 0 Å². The Labute approximate surface area is 113 Å². The van der Waals surface area contributed by atoms with Gasteiger partial charge >= 0.3 is 0 Å². The summed E-state index contributed by atoms with van der Waals surface area (Å²) in [5.41, 5.74) is 0.921. The van der Waals surface area contributed by atoms with Crippen LogP contribution < -0.4 is 10.6 Å². The van der Waals surface area contributed by atoms with Crippen LogP contribution >= 0.6 is 12.4 Å². The minimum Gasteiger partial charge on any atom is -0.352 e. The van der Waals surface area contributed by atoms with Gasteiger partial charge in [0, 0.05) is 13.0 Å². The lowest BCUT2D eigenvalue weighted by Crippen LogP contribution is -2.25. The van der Waals surface area contributed by atoms with Crippen molar-refractivity contribution in [2.24, 2.45) is 5.92 Å². The Morgan fingerprint density at radius 1 is 1.39 bits per heavy atom. The van der Waals surface area contributed by atoms with Crippen molar-refractivity contribution in [3.63, 3.8) is 0 Å². The number of hydrogen-bond donors (Lipinski definition) is 2. The maximum absolute atomic E-state index is 12.7. The van der Waals surface area contributed by atoms with Crippen molar-refractivity contribution < 1.29 is 9.18 Å². The third-order valence-corrected chi connectivity index (χ3v) is 3.04. The molecule has 0 aliphatic carbocycles. The highest BCUT2D eigenvalue weighted by Crippen LogP contribution is 2.11. The van der Waals surface area contributed by atoms with E-state index in [2.05, 4.69) is 10.6 Å². The average molecular weight is 273 g/mol. The zero-order chi connectivity index (χ0) is 12.1. The van der Waals surface area contributed by atoms with Crippen LogP contribution in [0.15, 0.2) is 24.3 Å². The summed E-state index contributed by atoms with van der Waals surface area (Å²) in [4.78, 5) is 11.6. The fourth-order valence-electron chi connectivity index (χ4n) is 2.03. The van der Waals surface area contributed by atoms with Crippen LogP contribution in [0.5, 0.6) is 0 Å². The highest BCUT2D eigenvalue weighted by Gasteiger charge is 2.17. The Kier molecular flexibility index (Phi) is 6.09. The fourth-order valence-corrected chi connectivity index (χ4v) is 2.03. The maximum Gasteiger partial charge on any atom is 0.220 e. The van der Waals surface area contributed by atoms with Gasteiger partial charge < -0.3 is 10.6 Å². The number of rotatable bonds is 4. The second-order valence-electron chi connectivity index (χ2n) is 4.47. The molecular formula is C13H18ClFN2O. The van der Waals surface area contributed by atoms with E-state index in [1.807, 2.05) is 0 Å². The molecule has 1 saturated heterocycles. The summed E-state index contributed by atoms with van der Waals surface area (Å²) >= 11 is 0. The van der Waals surface area contributed by atoms with E-state index in [1.54, 1.807) is 12.1 Å². The monoisotopic (exact) mass is 272 g/mol. The van der Waals surface area contributed by atoms with Crippen molar-refractivity contribution in [3.8, 4) is 0 Å². The third kappa shape index (κ3) is 4.63. The van der Waals surface area contributed by atoms with E-state index in [0.717, 1.165) is 25.1 Å². The molecule has 1 aliphatic heterocycles. The van der Waals surface area contributed by atoms with Crippen molar-refractivity contribution in [2.75, 3.05) is 13.1 Å². The first-order valence-corrected chi connectivity index (χ1v) is 5.96. The topological polar surface area (TPSA) is 41.1 Å². The van der Waals surface area contributed by atoms with Crippen molar-refractivity contribution in [1.82, 2.24) is 10.6 Å². The first-order chi connectivity index (χ1) is 8.24. The van der Waals surface area contributed by atoms with Crippen LogP contribution in [0, 0.1) is 11.7 Å². The van der Waals surface area contributed by atoms with Crippen LogP contribution in [0.4, 0.5) is 4.39 Å². The largest absolute Gasteiger partial charge is 0.352 e. The fraction of sp³-hybridized carbons (Fsp3) is 0.462. The third-order valence-electron chi connectivity index (χ3n) is 3.04. The van der Waals surface area contributed by atoms with Crippen molar-refractivity contribution in [2.45, 2.75) is 19.4 Å². The molecule has 2 N–H and O–H groups in total. The molecule has 1 heterocycles. The van der Waals surface area contributed by atoms with Crippen LogP contribution in [0.25, 0.3) is 0 Å². The Morgan fingerprint density at radius 3 is 2.72 bits per heavy atom. The van der Waals surface area contributed by atoms with E-state index >= 15 is 0 Å². The molecule has 18 heavy (non-hydrogen) atoms. The molecule has 0 saturated carbocycles. The van der Waals surface area contributed by atoms with Gasteiger partial charge in [0.05, 0.1) is 0 Å². The Bertz CT molecular complexity index is 377. The van der Waals surface area contributed by atoms with Gasteiger partial charge in [-0.25, -0.2) is 4.39 Å². The van der Waals surface area contributed by atoms with Gasteiger partial charge in [-0.05, 0) is 43.1 Å². The van der Waals surface area contributed by atoms with E-state index in [-0.39, 0.29) is 24.1 Å². The quantitative estimate of drug-likeness (QED) is 0.879. The van der Waals surface area contributed by atoms with Gasteiger partial charge in [0.25, 0.3) is 0 Å². The molecule has 1 amide bonds. The van der Waals surface area contributed by atoms with E-state index in [1.165, 1.54) is 12.1 Å². The highest BCUT2D eigenvalue weighted by molar-refractivity contribution is 5.85. The molecular weight excluding hydrogens is 255 g/mol. The van der Waals surface area contributed by atoms with Crippen LogP contribution in [0.3, 0.4) is 0 Å². The van der Waals surface area contributed by atoms with Crippen LogP contribution in [0.1, 0.15) is 18.4 Å². The number of carbonyl (C=O) groups excluding carboxylic acids is 1. The zero-order valence-electron chi connectivity index (χ0n) is 10.1. The Hall–Kier alpha value is -1.13. The molecule has 1 aliphatic rings. The normalized spacial score (nSPS) is 18.2. The number of hydrogen-bond acceptors (Lipinski definition) is 2. The molecule has 0 spiro atoms. The molecule has 0 radical (unpaired) electrons. The van der Waals surface area contributed by atoms with Gasteiger partial charge in [0.1, 0.15) is 5.82 Å². The molecule has 0 bridgehead atoms. The molecule has 1 fully saturated rings. The molecule has 3 nitrogen and oxygen atoms in total. The first kappa shape index (κ1) is 14.9. The SMILES string of the molecule is Cl.O=C(CC1CCNC1)NCc1ccc(F)cc1. The van der Waals surface area contributed by atoms with E-state index < -0.39 is 0 Å². The summed E-state index contributed by atoms with van der Waals surface area (Å²) in [7, 11) is 0. The van der Waals surface area contributed by atoms with Crippen LogP contribution in [-0.4, -0.2) is 19.0 Å². The lowest BCUT2D eigenvalue weighted by Gasteiger charge is -2.09. The summed E-state index contributed by atoms with van der Waals surface area (Å²) in [5, 5.41) is 6.09. The van der Waals surface area contributed by atoms with Gasteiger partial charge in [-0.1, -0.05) is 12.1 Å². The molecule has 2 rings (SSSR count). The number of carbonyl (C=O) groups is 1. The summed E-state index contributed by atoms with van der Waals surface area (Å²) in [5.74, 6) is 0.281. The lowest BCUT2D eigenvalue weighted by molar-refractivity contribution is -0.122. The molecule has 5 heteroatoms. The summed E-state index contributed by atoms with van der Waals surface area (Å²) < 4.78 is 12.7. The number of benzene rings is 1. The Balaban J connectivity index is 0.00000162. The predicted molar refractivity (Wildman–Crippen MR) is 71.1 cm³/mol. The van der Waals surface area contributed by atoms with Crippen LogP contribution in [0.2, 0.25) is 0 Å². The van der Waals surface area contributed by atoms with Gasteiger partial charge in [0.15, 0.2) is 0 Å². The van der Waals surface area contributed by atoms with Gasteiger partial charge in [0.2, 0.25) is 5.91 Å². The minimum absolute atomic E-state index is 0. The smallest absolute Gasteiger partial charge is 0.220 e. The summed E-state index contributed by atoms with van der Waals surface area (Å²) in [6.07, 6.45) is 1.65. The molecule has 100 valence electrons. The van der Waals surface area contributed by atoms with E-state index in [9.17, 15) is 9.18 Å². The summed E-state index contributed by atoms with van der Waals surface area (Å²) in [6, 6.07) is 6.18. The van der Waals surface area contributed by atoms with Crippen molar-refractivity contribution in [3.05, 3.63) is 35.6 Å². The standard InChI is InChI=1S/C13H17FN2O.ClH/c14-12-3-1-10(2-4-12)9-16-13(17)7-11-5-6-15-8-11;/h1-4,11,15H,5-9H2,(H,16,17);1H. The highest BCUT2D eigenvalue weighted by atomic mass is 35.5. The Morgan fingerprint density at radius 2 is 2.11 bits per heavy atom.